The molecular formula is C12H13NO3. The number of imide groups is 1. The van der Waals surface area contributed by atoms with Gasteiger partial charge in [0.05, 0.1) is 6.54 Å². The quantitative estimate of drug-likeness (QED) is 0.765. The smallest absolute Gasteiger partial charge is 0.229 e. The normalized spacial score (nSPS) is 16.6. The summed E-state index contributed by atoms with van der Waals surface area (Å²) >= 11 is 0. The maximum Gasteiger partial charge on any atom is 0.229 e. The fourth-order valence-corrected chi connectivity index (χ4v) is 1.79. The van der Waals surface area contributed by atoms with Crippen molar-refractivity contribution in [2.45, 2.75) is 25.8 Å². The minimum atomic E-state index is -0.153. The molecule has 1 aliphatic rings. The lowest BCUT2D eigenvalue weighted by Gasteiger charge is -2.25. The van der Waals surface area contributed by atoms with E-state index in [-0.39, 0.29) is 24.1 Å². The molecule has 0 aliphatic carbocycles. The first-order valence-corrected chi connectivity index (χ1v) is 5.28. The van der Waals surface area contributed by atoms with E-state index < -0.39 is 0 Å². The molecule has 4 nitrogen and oxygen atoms in total. The number of likely N-dealkylation sites (tertiary alicyclic amines) is 1. The van der Waals surface area contributed by atoms with Crippen LogP contribution in [0.3, 0.4) is 0 Å². The van der Waals surface area contributed by atoms with Crippen LogP contribution in [-0.2, 0) is 16.1 Å². The van der Waals surface area contributed by atoms with E-state index in [1.54, 1.807) is 24.3 Å². The van der Waals surface area contributed by atoms with Crippen LogP contribution in [0, 0.1) is 0 Å². The largest absolute Gasteiger partial charge is 0.508 e. The van der Waals surface area contributed by atoms with Crippen molar-refractivity contribution in [1.29, 1.82) is 0 Å². The Morgan fingerprint density at radius 1 is 1.12 bits per heavy atom. The van der Waals surface area contributed by atoms with Crippen molar-refractivity contribution in [2.24, 2.45) is 0 Å². The number of para-hydroxylation sites is 1. The molecule has 0 atom stereocenters. The highest BCUT2D eigenvalue weighted by molar-refractivity contribution is 5.97. The third-order valence-electron chi connectivity index (χ3n) is 2.70. The molecule has 1 fully saturated rings. The van der Waals surface area contributed by atoms with Crippen LogP contribution >= 0.6 is 0 Å². The molecule has 0 saturated carbocycles. The van der Waals surface area contributed by atoms with Gasteiger partial charge in [-0.15, -0.1) is 0 Å². The van der Waals surface area contributed by atoms with Gasteiger partial charge in [-0.1, -0.05) is 18.2 Å². The van der Waals surface area contributed by atoms with Crippen molar-refractivity contribution in [2.75, 3.05) is 0 Å². The zero-order valence-electron chi connectivity index (χ0n) is 8.85. The van der Waals surface area contributed by atoms with Gasteiger partial charge in [-0.25, -0.2) is 0 Å². The third kappa shape index (κ3) is 2.05. The lowest BCUT2D eigenvalue weighted by Crippen LogP contribution is -2.39. The number of hydrogen-bond acceptors (Lipinski definition) is 3. The highest BCUT2D eigenvalue weighted by atomic mass is 16.3. The van der Waals surface area contributed by atoms with E-state index in [1.165, 1.54) is 4.90 Å². The standard InChI is InChI=1S/C12H13NO3/c14-10-5-2-1-4-9(10)8-13-11(15)6-3-7-12(13)16/h1-2,4-5,14H,3,6-8H2. The SMILES string of the molecule is O=C1CCCC(=O)N1Cc1ccccc1O. The summed E-state index contributed by atoms with van der Waals surface area (Å²) in [5.41, 5.74) is 0.603. The molecule has 4 heteroatoms. The Morgan fingerprint density at radius 3 is 2.38 bits per heavy atom. The Kier molecular flexibility index (Phi) is 2.90. The molecule has 0 unspecified atom stereocenters. The Labute approximate surface area is 93.5 Å². The second-order valence-corrected chi connectivity index (χ2v) is 3.86. The van der Waals surface area contributed by atoms with Crippen LogP contribution < -0.4 is 0 Å². The molecule has 2 rings (SSSR count). The fraction of sp³-hybridized carbons (Fsp3) is 0.333. The summed E-state index contributed by atoms with van der Waals surface area (Å²) in [5, 5.41) is 9.56. The fourth-order valence-electron chi connectivity index (χ4n) is 1.79. The molecule has 1 heterocycles. The van der Waals surface area contributed by atoms with Gasteiger partial charge in [-0.05, 0) is 12.5 Å². The van der Waals surface area contributed by atoms with Gasteiger partial charge in [0.25, 0.3) is 0 Å². The Bertz CT molecular complexity index is 412. The third-order valence-corrected chi connectivity index (χ3v) is 2.70. The summed E-state index contributed by atoms with van der Waals surface area (Å²) in [6, 6.07) is 6.74. The van der Waals surface area contributed by atoms with Gasteiger partial charge in [0.15, 0.2) is 0 Å². The van der Waals surface area contributed by atoms with Crippen molar-refractivity contribution in [1.82, 2.24) is 4.90 Å². The highest BCUT2D eigenvalue weighted by Crippen LogP contribution is 2.21. The van der Waals surface area contributed by atoms with E-state index in [0.29, 0.717) is 24.8 Å². The molecule has 1 aromatic carbocycles. The predicted octanol–water partition coefficient (Wildman–Crippen LogP) is 1.43. The Balaban J connectivity index is 2.17. The number of phenols is 1. The molecule has 0 radical (unpaired) electrons. The molecule has 84 valence electrons. The molecule has 0 spiro atoms. The summed E-state index contributed by atoms with van der Waals surface area (Å²) in [4.78, 5) is 24.3. The summed E-state index contributed by atoms with van der Waals surface area (Å²) in [6.45, 7) is 0.171. The second-order valence-electron chi connectivity index (χ2n) is 3.86. The van der Waals surface area contributed by atoms with E-state index in [4.69, 9.17) is 0 Å². The van der Waals surface area contributed by atoms with E-state index in [9.17, 15) is 14.7 Å². The van der Waals surface area contributed by atoms with E-state index in [2.05, 4.69) is 0 Å². The number of phenolic OH excluding ortho intramolecular Hbond substituents is 1. The van der Waals surface area contributed by atoms with Crippen LogP contribution in [0.2, 0.25) is 0 Å². The van der Waals surface area contributed by atoms with Crippen molar-refractivity contribution in [3.63, 3.8) is 0 Å². The van der Waals surface area contributed by atoms with Crippen molar-refractivity contribution >= 4 is 11.8 Å². The molecule has 2 amide bonds. The number of nitrogens with zero attached hydrogens (tertiary/aromatic N) is 1. The summed E-state index contributed by atoms with van der Waals surface area (Å²) in [7, 11) is 0. The van der Waals surface area contributed by atoms with Crippen molar-refractivity contribution in [3.05, 3.63) is 29.8 Å². The van der Waals surface area contributed by atoms with Crippen molar-refractivity contribution < 1.29 is 14.7 Å². The van der Waals surface area contributed by atoms with Crippen LogP contribution in [0.25, 0.3) is 0 Å². The van der Waals surface area contributed by atoms with E-state index in [1.807, 2.05) is 0 Å². The number of carbonyl (C=O) groups excluding carboxylic acids is 2. The number of hydrogen-bond donors (Lipinski definition) is 1. The first kappa shape index (κ1) is 10.7. The average Bonchev–Trinajstić information content (AvgIpc) is 2.26. The molecule has 1 saturated heterocycles. The van der Waals surface area contributed by atoms with Gasteiger partial charge < -0.3 is 5.11 Å². The minimum absolute atomic E-state index is 0.119. The highest BCUT2D eigenvalue weighted by Gasteiger charge is 2.26. The van der Waals surface area contributed by atoms with Gasteiger partial charge in [-0.3, -0.25) is 14.5 Å². The monoisotopic (exact) mass is 219 g/mol. The zero-order valence-corrected chi connectivity index (χ0v) is 8.85. The molecule has 1 aliphatic heterocycles. The maximum atomic E-state index is 11.5. The molecular weight excluding hydrogens is 206 g/mol. The van der Waals surface area contributed by atoms with Gasteiger partial charge >= 0.3 is 0 Å². The first-order chi connectivity index (χ1) is 7.68. The van der Waals surface area contributed by atoms with Crippen LogP contribution in [0.1, 0.15) is 24.8 Å². The zero-order chi connectivity index (χ0) is 11.5. The van der Waals surface area contributed by atoms with Crippen LogP contribution in [-0.4, -0.2) is 21.8 Å². The van der Waals surface area contributed by atoms with Gasteiger partial charge in [-0.2, -0.15) is 0 Å². The summed E-state index contributed by atoms with van der Waals surface area (Å²) in [5.74, 6) is -0.187. The van der Waals surface area contributed by atoms with Gasteiger partial charge in [0, 0.05) is 18.4 Å². The van der Waals surface area contributed by atoms with Crippen LogP contribution in [0.15, 0.2) is 24.3 Å². The molecule has 16 heavy (non-hydrogen) atoms. The number of aromatic hydroxyl groups is 1. The van der Waals surface area contributed by atoms with Gasteiger partial charge in [0.1, 0.15) is 5.75 Å². The lowest BCUT2D eigenvalue weighted by atomic mass is 10.1. The number of benzene rings is 1. The number of piperidine rings is 1. The first-order valence-electron chi connectivity index (χ1n) is 5.28. The molecule has 0 aromatic heterocycles. The molecule has 1 aromatic rings. The Morgan fingerprint density at radius 2 is 1.75 bits per heavy atom. The predicted molar refractivity (Wildman–Crippen MR) is 57.5 cm³/mol. The number of amides is 2. The topological polar surface area (TPSA) is 57.6 Å². The molecule has 1 N–H and O–H groups in total. The lowest BCUT2D eigenvalue weighted by molar-refractivity contribution is -0.148. The van der Waals surface area contributed by atoms with Crippen LogP contribution in [0.4, 0.5) is 0 Å². The van der Waals surface area contributed by atoms with E-state index >= 15 is 0 Å². The number of rotatable bonds is 2. The summed E-state index contributed by atoms with van der Waals surface area (Å²) < 4.78 is 0. The van der Waals surface area contributed by atoms with Crippen molar-refractivity contribution in [3.8, 4) is 5.75 Å². The van der Waals surface area contributed by atoms with Crippen LogP contribution in [0.5, 0.6) is 5.75 Å². The van der Waals surface area contributed by atoms with Gasteiger partial charge in [0.2, 0.25) is 11.8 Å². The molecule has 0 bridgehead atoms. The average molecular weight is 219 g/mol. The maximum absolute atomic E-state index is 11.5. The minimum Gasteiger partial charge on any atom is -0.508 e. The number of carbonyl (C=O) groups is 2. The summed E-state index contributed by atoms with van der Waals surface area (Å²) in [6.07, 6.45) is 1.47. The Hall–Kier alpha value is -1.84. The van der Waals surface area contributed by atoms with E-state index in [0.717, 1.165) is 0 Å². The second kappa shape index (κ2) is 4.35.